The van der Waals surface area contributed by atoms with E-state index in [1.54, 1.807) is 24.3 Å². The van der Waals surface area contributed by atoms with Gasteiger partial charge in [-0.1, -0.05) is 59.2 Å². The minimum Gasteiger partial charge on any atom is -0.343 e. The second-order valence-electron chi connectivity index (χ2n) is 4.97. The van der Waals surface area contributed by atoms with Gasteiger partial charge in [0.15, 0.2) is 0 Å². The van der Waals surface area contributed by atoms with Gasteiger partial charge in [-0.15, -0.1) is 0 Å². The van der Waals surface area contributed by atoms with Gasteiger partial charge in [-0.05, 0) is 17.7 Å². The Balaban J connectivity index is 1.83. The van der Waals surface area contributed by atoms with Crippen LogP contribution in [-0.2, 0) is 11.3 Å². The molecule has 0 aliphatic carbocycles. The molecule has 0 fully saturated rings. The fraction of sp³-hybridized carbons (Fsp3) is 0.125. The van der Waals surface area contributed by atoms with Crippen molar-refractivity contribution in [3.63, 3.8) is 0 Å². The van der Waals surface area contributed by atoms with Gasteiger partial charge in [0.05, 0.1) is 20.7 Å². The smallest absolute Gasteiger partial charge is 0.292 e. The molecule has 0 bridgehead atoms. The van der Waals surface area contributed by atoms with Crippen molar-refractivity contribution in [2.75, 3.05) is 11.1 Å². The molecule has 136 valence electrons. The fourth-order valence-corrected chi connectivity index (χ4v) is 2.85. The first-order valence-electron chi connectivity index (χ1n) is 7.25. The molecule has 0 atom stereocenters. The van der Waals surface area contributed by atoms with E-state index in [0.717, 1.165) is 11.8 Å². The Hall–Kier alpha value is -2.29. The summed E-state index contributed by atoms with van der Waals surface area (Å²) >= 11 is 12.7. The molecule has 2 aromatic rings. The minimum atomic E-state index is -0.593. The highest BCUT2D eigenvalue weighted by Gasteiger charge is 2.15. The van der Waals surface area contributed by atoms with E-state index >= 15 is 0 Å². The van der Waals surface area contributed by atoms with Gasteiger partial charge in [0.1, 0.15) is 5.69 Å². The zero-order valence-electron chi connectivity index (χ0n) is 13.2. The molecule has 0 heterocycles. The summed E-state index contributed by atoms with van der Waals surface area (Å²) < 4.78 is 0. The number of para-hydroxylation sites is 2. The number of thioether (sulfide) groups is 1. The monoisotopic (exact) mass is 413 g/mol. The van der Waals surface area contributed by atoms with E-state index < -0.39 is 16.1 Å². The second kappa shape index (κ2) is 9.42. The lowest BCUT2D eigenvalue weighted by atomic mass is 10.2. The number of nitrogens with zero attached hydrogens (tertiary/aromatic N) is 1. The molecular formula is C16H13Cl2N3O4S. The van der Waals surface area contributed by atoms with Crippen LogP contribution in [0.5, 0.6) is 0 Å². The van der Waals surface area contributed by atoms with Crippen molar-refractivity contribution in [2.45, 2.75) is 6.54 Å². The van der Waals surface area contributed by atoms with Crippen LogP contribution in [-0.4, -0.2) is 21.8 Å². The summed E-state index contributed by atoms with van der Waals surface area (Å²) in [4.78, 5) is 34.0. The van der Waals surface area contributed by atoms with Crippen LogP contribution in [0.3, 0.4) is 0 Å². The molecule has 26 heavy (non-hydrogen) atoms. The Labute approximate surface area is 163 Å². The average molecular weight is 414 g/mol. The Kier molecular flexibility index (Phi) is 7.26. The molecule has 0 unspecified atom stereocenters. The summed E-state index contributed by atoms with van der Waals surface area (Å²) in [6.07, 6.45) is 0. The van der Waals surface area contributed by atoms with E-state index in [0.29, 0.717) is 15.6 Å². The summed E-state index contributed by atoms with van der Waals surface area (Å²) in [5, 5.41) is 16.2. The lowest BCUT2D eigenvalue weighted by Crippen LogP contribution is -2.22. The number of carbonyl (C=O) groups excluding carboxylic acids is 2. The van der Waals surface area contributed by atoms with Gasteiger partial charge < -0.3 is 10.6 Å². The number of hydrogen-bond acceptors (Lipinski definition) is 5. The van der Waals surface area contributed by atoms with E-state index in [-0.39, 0.29) is 23.7 Å². The Morgan fingerprint density at radius 3 is 2.58 bits per heavy atom. The first-order chi connectivity index (χ1) is 12.4. The van der Waals surface area contributed by atoms with Crippen molar-refractivity contribution in [2.24, 2.45) is 0 Å². The number of anilines is 1. The zero-order valence-corrected chi connectivity index (χ0v) is 15.5. The van der Waals surface area contributed by atoms with Crippen LogP contribution in [0.4, 0.5) is 16.2 Å². The highest BCUT2D eigenvalue weighted by molar-refractivity contribution is 8.14. The van der Waals surface area contributed by atoms with Crippen molar-refractivity contribution in [1.82, 2.24) is 5.32 Å². The zero-order chi connectivity index (χ0) is 19.1. The van der Waals surface area contributed by atoms with Gasteiger partial charge in [0.25, 0.3) is 10.9 Å². The standard InChI is InChI=1S/C16H13Cl2N3O4S/c17-11-5-3-4-10(15(11)18)8-19-16(23)26-9-14(22)20-12-6-1-2-7-13(12)21(24)25/h1-7H,8-9H2,(H,19,23)(H,20,22). The maximum absolute atomic E-state index is 11.9. The number of rotatable bonds is 6. The van der Waals surface area contributed by atoms with Gasteiger partial charge in [-0.2, -0.15) is 0 Å². The van der Waals surface area contributed by atoms with Gasteiger partial charge in [0.2, 0.25) is 5.91 Å². The Bertz CT molecular complexity index is 848. The maximum atomic E-state index is 11.9. The molecule has 0 saturated carbocycles. The number of amides is 2. The quantitative estimate of drug-likeness (QED) is 0.536. The molecule has 0 saturated heterocycles. The van der Waals surface area contributed by atoms with Crippen molar-refractivity contribution in [3.8, 4) is 0 Å². The van der Waals surface area contributed by atoms with Crippen molar-refractivity contribution in [3.05, 3.63) is 68.2 Å². The third-order valence-corrected chi connectivity index (χ3v) is 4.84. The number of benzene rings is 2. The van der Waals surface area contributed by atoms with Gasteiger partial charge in [-0.3, -0.25) is 19.7 Å². The molecule has 2 aromatic carbocycles. The molecule has 10 heteroatoms. The van der Waals surface area contributed by atoms with Crippen LogP contribution in [0.15, 0.2) is 42.5 Å². The van der Waals surface area contributed by atoms with E-state index in [2.05, 4.69) is 10.6 Å². The number of hydrogen-bond donors (Lipinski definition) is 2. The maximum Gasteiger partial charge on any atom is 0.292 e. The SMILES string of the molecule is O=C(CSC(=O)NCc1cccc(Cl)c1Cl)Nc1ccccc1[N+](=O)[O-]. The molecule has 0 radical (unpaired) electrons. The number of carbonyl (C=O) groups is 2. The number of halogens is 2. The van der Waals surface area contributed by atoms with Crippen LogP contribution in [0.1, 0.15) is 5.56 Å². The van der Waals surface area contributed by atoms with Crippen LogP contribution < -0.4 is 10.6 Å². The molecule has 2 N–H and O–H groups in total. The molecule has 0 aromatic heterocycles. The number of nitro benzene ring substituents is 1. The fourth-order valence-electron chi connectivity index (χ4n) is 1.96. The normalized spacial score (nSPS) is 10.2. The van der Waals surface area contributed by atoms with Crippen molar-refractivity contribution < 1.29 is 14.5 Å². The Morgan fingerprint density at radius 1 is 1.12 bits per heavy atom. The summed E-state index contributed by atoms with van der Waals surface area (Å²) in [6, 6.07) is 10.8. The van der Waals surface area contributed by atoms with Crippen LogP contribution >= 0.6 is 35.0 Å². The van der Waals surface area contributed by atoms with Gasteiger partial charge in [-0.25, -0.2) is 0 Å². The topological polar surface area (TPSA) is 101 Å². The number of nitrogens with one attached hydrogen (secondary N) is 2. The number of nitro groups is 1. The van der Waals surface area contributed by atoms with Crippen molar-refractivity contribution in [1.29, 1.82) is 0 Å². The minimum absolute atomic E-state index is 0.0780. The molecule has 0 spiro atoms. The van der Waals surface area contributed by atoms with Crippen LogP contribution in [0.2, 0.25) is 10.0 Å². The van der Waals surface area contributed by atoms with E-state index in [4.69, 9.17) is 23.2 Å². The molecule has 2 amide bonds. The highest BCUT2D eigenvalue weighted by Crippen LogP contribution is 2.25. The first-order valence-corrected chi connectivity index (χ1v) is 8.99. The third-order valence-electron chi connectivity index (χ3n) is 3.16. The molecule has 0 aliphatic rings. The summed E-state index contributed by atoms with van der Waals surface area (Å²) in [5.41, 5.74) is 0.512. The third kappa shape index (κ3) is 5.62. The second-order valence-corrected chi connectivity index (χ2v) is 6.70. The Morgan fingerprint density at radius 2 is 1.85 bits per heavy atom. The van der Waals surface area contributed by atoms with Crippen LogP contribution in [0, 0.1) is 10.1 Å². The summed E-state index contributed by atoms with van der Waals surface area (Å²) in [5.74, 6) is -0.721. The predicted octanol–water partition coefficient (Wildman–Crippen LogP) is 4.48. The predicted molar refractivity (Wildman–Crippen MR) is 103 cm³/mol. The van der Waals surface area contributed by atoms with Gasteiger partial charge >= 0.3 is 0 Å². The van der Waals surface area contributed by atoms with Gasteiger partial charge in [0, 0.05) is 12.6 Å². The van der Waals surface area contributed by atoms with E-state index in [1.807, 2.05) is 0 Å². The lowest BCUT2D eigenvalue weighted by molar-refractivity contribution is -0.383. The first kappa shape index (κ1) is 20.0. The van der Waals surface area contributed by atoms with Crippen LogP contribution in [0.25, 0.3) is 0 Å². The largest absolute Gasteiger partial charge is 0.343 e. The van der Waals surface area contributed by atoms with Crippen molar-refractivity contribution >= 4 is 57.5 Å². The van der Waals surface area contributed by atoms with E-state index in [1.165, 1.54) is 18.2 Å². The molecular weight excluding hydrogens is 401 g/mol. The average Bonchev–Trinajstić information content (AvgIpc) is 2.61. The molecule has 2 rings (SSSR count). The lowest BCUT2D eigenvalue weighted by Gasteiger charge is -2.08. The summed E-state index contributed by atoms with van der Waals surface area (Å²) in [6.45, 7) is 0.164. The molecule has 0 aliphatic heterocycles. The van der Waals surface area contributed by atoms with E-state index in [9.17, 15) is 19.7 Å². The highest BCUT2D eigenvalue weighted by atomic mass is 35.5. The summed E-state index contributed by atoms with van der Waals surface area (Å²) in [7, 11) is 0. The molecule has 7 nitrogen and oxygen atoms in total.